The number of carboxylic acids is 1. The molecule has 0 fully saturated rings. The van der Waals surface area contributed by atoms with E-state index in [2.05, 4.69) is 10.6 Å². The number of nitrogens with zero attached hydrogens (tertiary/aromatic N) is 1. The summed E-state index contributed by atoms with van der Waals surface area (Å²) in [6.45, 7) is -0.108. The molecule has 3 rings (SSSR count). The van der Waals surface area contributed by atoms with Crippen LogP contribution in [0, 0.1) is 0 Å². The van der Waals surface area contributed by atoms with Gasteiger partial charge in [0.2, 0.25) is 5.88 Å². The predicted molar refractivity (Wildman–Crippen MR) is 117 cm³/mol. The summed E-state index contributed by atoms with van der Waals surface area (Å²) in [6, 6.07) is 12.4. The van der Waals surface area contributed by atoms with Gasteiger partial charge in [-0.2, -0.15) is 13.2 Å². The number of rotatable bonds is 7. The Morgan fingerprint density at radius 2 is 1.74 bits per heavy atom. The number of carboxylic acid groups (broad SMARTS) is 1. The van der Waals surface area contributed by atoms with Crippen molar-refractivity contribution < 1.29 is 37.4 Å². The summed E-state index contributed by atoms with van der Waals surface area (Å²) in [5, 5.41) is 13.6. The van der Waals surface area contributed by atoms with Gasteiger partial charge in [0.15, 0.2) is 0 Å². The highest BCUT2D eigenvalue weighted by Gasteiger charge is 2.30. The van der Waals surface area contributed by atoms with E-state index in [1.165, 1.54) is 29.0 Å². The zero-order valence-corrected chi connectivity index (χ0v) is 17.8. The molecule has 1 aromatic heterocycles. The SMILES string of the molecule is Cn1cc(NC(=O)c2ccccc2-c2ccc(C(F)(F)F)cc2)cc1OC(=O)NCCC(=O)O. The molecule has 8 nitrogen and oxygen atoms in total. The van der Waals surface area contributed by atoms with Crippen LogP contribution >= 0.6 is 0 Å². The van der Waals surface area contributed by atoms with Gasteiger partial charge in [0.1, 0.15) is 0 Å². The maximum Gasteiger partial charge on any atom is 0.416 e. The Morgan fingerprint density at radius 1 is 1.06 bits per heavy atom. The maximum atomic E-state index is 12.9. The van der Waals surface area contributed by atoms with E-state index < -0.39 is 29.7 Å². The van der Waals surface area contributed by atoms with Gasteiger partial charge in [-0.05, 0) is 29.3 Å². The lowest BCUT2D eigenvalue weighted by Gasteiger charge is -2.11. The fourth-order valence-electron chi connectivity index (χ4n) is 3.09. The first-order valence-electron chi connectivity index (χ1n) is 9.96. The highest BCUT2D eigenvalue weighted by molar-refractivity contribution is 6.08. The Balaban J connectivity index is 1.73. The number of hydrogen-bond donors (Lipinski definition) is 3. The molecule has 0 aliphatic heterocycles. The van der Waals surface area contributed by atoms with Gasteiger partial charge < -0.3 is 25.0 Å². The lowest BCUT2D eigenvalue weighted by molar-refractivity contribution is -0.138. The number of aromatic nitrogens is 1. The van der Waals surface area contributed by atoms with Gasteiger partial charge in [-0.1, -0.05) is 30.3 Å². The number of carbonyl (C=O) groups is 3. The highest BCUT2D eigenvalue weighted by Crippen LogP contribution is 2.32. The van der Waals surface area contributed by atoms with Crippen molar-refractivity contribution >= 4 is 23.7 Å². The van der Waals surface area contributed by atoms with Gasteiger partial charge in [0.05, 0.1) is 17.7 Å². The van der Waals surface area contributed by atoms with Crippen molar-refractivity contribution in [3.63, 3.8) is 0 Å². The van der Waals surface area contributed by atoms with Crippen LogP contribution in [-0.4, -0.2) is 34.2 Å². The van der Waals surface area contributed by atoms with Crippen LogP contribution in [0.15, 0.2) is 60.8 Å². The number of ether oxygens (including phenoxy) is 1. The first-order valence-corrected chi connectivity index (χ1v) is 9.96. The van der Waals surface area contributed by atoms with E-state index in [4.69, 9.17) is 9.84 Å². The number of hydrogen-bond acceptors (Lipinski definition) is 4. The van der Waals surface area contributed by atoms with Crippen LogP contribution in [0.4, 0.5) is 23.7 Å². The predicted octanol–water partition coefficient (Wildman–Crippen LogP) is 4.53. The standard InChI is InChI=1S/C23H20F3N3O5/c1-29-13-16(12-19(29)34-22(33)27-11-10-20(30)31)28-21(32)18-5-3-2-4-17(18)14-6-8-15(9-7-14)23(24,25)26/h2-9,12-13H,10-11H2,1H3,(H,27,33)(H,28,32)(H,30,31). The Hall–Kier alpha value is -4.28. The van der Waals surface area contributed by atoms with Gasteiger partial charge in [0, 0.05) is 31.4 Å². The zero-order valence-electron chi connectivity index (χ0n) is 17.8. The molecule has 11 heteroatoms. The van der Waals surface area contributed by atoms with Gasteiger partial charge in [0.25, 0.3) is 5.91 Å². The minimum Gasteiger partial charge on any atom is -0.481 e. The minimum atomic E-state index is -4.46. The molecule has 0 spiro atoms. The van der Waals surface area contributed by atoms with Crippen molar-refractivity contribution in [1.82, 2.24) is 9.88 Å². The first kappa shape index (κ1) is 24.4. The monoisotopic (exact) mass is 475 g/mol. The average molecular weight is 475 g/mol. The van der Waals surface area contributed by atoms with E-state index >= 15 is 0 Å². The topological polar surface area (TPSA) is 110 Å². The van der Waals surface area contributed by atoms with Crippen molar-refractivity contribution in [3.8, 4) is 17.0 Å². The summed E-state index contributed by atoms with van der Waals surface area (Å²) < 4.78 is 45.1. The molecule has 0 bridgehead atoms. The largest absolute Gasteiger partial charge is 0.481 e. The number of halogens is 3. The third-order valence-corrected chi connectivity index (χ3v) is 4.72. The van der Waals surface area contributed by atoms with Crippen LogP contribution < -0.4 is 15.4 Å². The van der Waals surface area contributed by atoms with Crippen LogP contribution in [0.25, 0.3) is 11.1 Å². The summed E-state index contributed by atoms with van der Waals surface area (Å²) >= 11 is 0. The molecule has 0 aliphatic rings. The summed E-state index contributed by atoms with van der Waals surface area (Å²) in [5.41, 5.74) is 0.637. The van der Waals surface area contributed by atoms with E-state index in [9.17, 15) is 27.6 Å². The van der Waals surface area contributed by atoms with Gasteiger partial charge in [-0.3, -0.25) is 9.59 Å². The van der Waals surface area contributed by atoms with E-state index in [0.717, 1.165) is 12.1 Å². The number of nitrogens with one attached hydrogen (secondary N) is 2. The van der Waals surface area contributed by atoms with Crippen LogP contribution in [0.1, 0.15) is 22.3 Å². The van der Waals surface area contributed by atoms with E-state index in [1.807, 2.05) is 0 Å². The van der Waals surface area contributed by atoms with Crippen LogP contribution in [0.2, 0.25) is 0 Å². The lowest BCUT2D eigenvalue weighted by atomic mass is 9.98. The number of aryl methyl sites for hydroxylation is 1. The quantitative estimate of drug-likeness (QED) is 0.465. The maximum absolute atomic E-state index is 12.9. The van der Waals surface area contributed by atoms with Gasteiger partial charge >= 0.3 is 18.2 Å². The Labute approximate surface area is 192 Å². The summed E-state index contributed by atoms with van der Waals surface area (Å²) in [7, 11) is 1.58. The molecular formula is C23H20F3N3O5. The molecule has 0 unspecified atom stereocenters. The second kappa shape index (κ2) is 10.1. The van der Waals surface area contributed by atoms with Crippen LogP contribution in [0.5, 0.6) is 5.88 Å². The van der Waals surface area contributed by atoms with Gasteiger partial charge in [-0.15, -0.1) is 0 Å². The first-order chi connectivity index (χ1) is 16.0. The van der Waals surface area contributed by atoms with Crippen LogP contribution in [-0.2, 0) is 18.0 Å². The molecule has 3 N–H and O–H groups in total. The number of amides is 2. The second-order valence-electron chi connectivity index (χ2n) is 7.21. The van der Waals surface area contributed by atoms with Crippen molar-refractivity contribution in [3.05, 3.63) is 71.9 Å². The molecular weight excluding hydrogens is 455 g/mol. The fourth-order valence-corrected chi connectivity index (χ4v) is 3.09. The minimum absolute atomic E-state index is 0.0964. The Morgan fingerprint density at radius 3 is 2.38 bits per heavy atom. The molecule has 0 saturated heterocycles. The van der Waals surface area contributed by atoms with Crippen molar-refractivity contribution in [1.29, 1.82) is 0 Å². The van der Waals surface area contributed by atoms with Crippen molar-refractivity contribution in [2.45, 2.75) is 12.6 Å². The number of alkyl halides is 3. The molecule has 0 aliphatic carbocycles. The van der Waals surface area contributed by atoms with Crippen molar-refractivity contribution in [2.75, 3.05) is 11.9 Å². The fraction of sp³-hybridized carbons (Fsp3) is 0.174. The molecule has 2 amide bonds. The van der Waals surface area contributed by atoms with Gasteiger partial charge in [-0.25, -0.2) is 4.79 Å². The third kappa shape index (κ3) is 6.15. The molecule has 178 valence electrons. The molecule has 0 atom stereocenters. The number of anilines is 1. The number of carbonyl (C=O) groups excluding carboxylic acids is 2. The van der Waals surface area contributed by atoms with E-state index in [-0.39, 0.29) is 24.4 Å². The van der Waals surface area contributed by atoms with Crippen LogP contribution in [0.3, 0.4) is 0 Å². The smallest absolute Gasteiger partial charge is 0.416 e. The normalized spacial score (nSPS) is 11.1. The highest BCUT2D eigenvalue weighted by atomic mass is 19.4. The summed E-state index contributed by atoms with van der Waals surface area (Å²) in [4.78, 5) is 35.2. The lowest BCUT2D eigenvalue weighted by Crippen LogP contribution is -2.29. The molecule has 0 saturated carbocycles. The Kier molecular flexibility index (Phi) is 7.24. The molecule has 2 aromatic carbocycles. The summed E-state index contributed by atoms with van der Waals surface area (Å²) in [6.07, 6.45) is -4.08. The molecule has 1 heterocycles. The molecule has 34 heavy (non-hydrogen) atoms. The zero-order chi connectivity index (χ0) is 24.9. The van der Waals surface area contributed by atoms with Crippen molar-refractivity contribution in [2.24, 2.45) is 7.05 Å². The number of aliphatic carboxylic acids is 1. The number of benzene rings is 2. The summed E-state index contributed by atoms with van der Waals surface area (Å²) in [5.74, 6) is -1.49. The third-order valence-electron chi connectivity index (χ3n) is 4.72. The molecule has 3 aromatic rings. The molecule has 0 radical (unpaired) electrons. The van der Waals surface area contributed by atoms with E-state index in [1.54, 1.807) is 31.3 Å². The van der Waals surface area contributed by atoms with E-state index in [0.29, 0.717) is 16.8 Å². The second-order valence-corrected chi connectivity index (χ2v) is 7.21. The Bertz CT molecular complexity index is 1200. The average Bonchev–Trinajstić information content (AvgIpc) is 3.11.